The van der Waals surface area contributed by atoms with Crippen LogP contribution in [0.25, 0.3) is 0 Å². The van der Waals surface area contributed by atoms with Crippen LogP contribution in [0.2, 0.25) is 5.15 Å². The third-order valence-electron chi connectivity index (χ3n) is 5.82. The Morgan fingerprint density at radius 3 is 2.75 bits per heavy atom. The van der Waals surface area contributed by atoms with Crippen LogP contribution >= 0.6 is 34.7 Å². The molecule has 0 unspecified atom stereocenters. The molecule has 0 saturated carbocycles. The summed E-state index contributed by atoms with van der Waals surface area (Å²) in [6, 6.07) is 15.3. The Labute approximate surface area is 222 Å². The summed E-state index contributed by atoms with van der Waals surface area (Å²) in [5.41, 5.74) is 1.08. The van der Waals surface area contributed by atoms with E-state index < -0.39 is 0 Å². The summed E-state index contributed by atoms with van der Waals surface area (Å²) in [6.07, 6.45) is 6.46. The number of likely N-dealkylation sites (tertiary alicyclic amines) is 1. The van der Waals surface area contributed by atoms with E-state index in [-0.39, 0.29) is 0 Å². The van der Waals surface area contributed by atoms with Gasteiger partial charge >= 0.3 is 0 Å². The van der Waals surface area contributed by atoms with E-state index >= 15 is 0 Å². The van der Waals surface area contributed by atoms with Crippen molar-refractivity contribution in [3.63, 3.8) is 0 Å². The Bertz CT molecular complexity index is 1310. The number of aromatic nitrogens is 3. The topological polar surface area (TPSA) is 80.2 Å². The minimum atomic E-state index is 0.402. The molecule has 1 aliphatic heterocycles. The van der Waals surface area contributed by atoms with Crippen molar-refractivity contribution < 1.29 is 9.53 Å². The fourth-order valence-corrected chi connectivity index (χ4v) is 5.88. The lowest BCUT2D eigenvalue weighted by Crippen LogP contribution is -2.34. The zero-order valence-electron chi connectivity index (χ0n) is 19.3. The van der Waals surface area contributed by atoms with Crippen molar-refractivity contribution in [3.8, 4) is 11.5 Å². The van der Waals surface area contributed by atoms with Crippen molar-refractivity contribution in [3.05, 3.63) is 77.2 Å². The highest BCUT2D eigenvalue weighted by molar-refractivity contribution is 7.99. The van der Waals surface area contributed by atoms with Gasteiger partial charge in [0.25, 0.3) is 0 Å². The Balaban J connectivity index is 1.34. The van der Waals surface area contributed by atoms with Crippen LogP contribution in [0.1, 0.15) is 24.5 Å². The molecule has 4 aromatic rings. The number of piperidine rings is 1. The van der Waals surface area contributed by atoms with Crippen molar-refractivity contribution in [2.75, 3.05) is 25.0 Å². The third-order valence-corrected chi connectivity index (χ3v) is 7.75. The number of carbonyl (C=O) groups is 1. The van der Waals surface area contributed by atoms with E-state index in [4.69, 9.17) is 21.3 Å². The van der Waals surface area contributed by atoms with Gasteiger partial charge in [-0.1, -0.05) is 41.6 Å². The fraction of sp³-hybridized carbons (Fsp3) is 0.231. The first-order chi connectivity index (χ1) is 17.7. The number of rotatable bonds is 9. The first kappa shape index (κ1) is 24.7. The van der Waals surface area contributed by atoms with Gasteiger partial charge in [-0.25, -0.2) is 15.0 Å². The van der Waals surface area contributed by atoms with Gasteiger partial charge in [-0.2, -0.15) is 0 Å². The first-order valence-electron chi connectivity index (χ1n) is 11.6. The van der Waals surface area contributed by atoms with Gasteiger partial charge in [-0.05, 0) is 50.2 Å². The minimum Gasteiger partial charge on any atom is -0.453 e. The van der Waals surface area contributed by atoms with Crippen LogP contribution in [0.5, 0.6) is 11.5 Å². The Morgan fingerprint density at radius 2 is 1.97 bits per heavy atom. The summed E-state index contributed by atoms with van der Waals surface area (Å²) in [5.74, 6) is 2.32. The zero-order chi connectivity index (χ0) is 24.7. The summed E-state index contributed by atoms with van der Waals surface area (Å²) in [4.78, 5) is 28.4. The van der Waals surface area contributed by atoms with Gasteiger partial charge in [0.05, 0.1) is 12.2 Å². The lowest BCUT2D eigenvalue weighted by molar-refractivity contribution is -0.109. The molecule has 3 aromatic heterocycles. The van der Waals surface area contributed by atoms with Gasteiger partial charge in [-0.3, -0.25) is 4.90 Å². The maximum atomic E-state index is 10.8. The molecule has 0 aliphatic carbocycles. The van der Waals surface area contributed by atoms with Gasteiger partial charge in [0.2, 0.25) is 0 Å². The number of nitrogens with one attached hydrogen (secondary N) is 1. The van der Waals surface area contributed by atoms with E-state index in [9.17, 15) is 4.79 Å². The SMILES string of the molecule is O=CCN1CCC(c2csc(Nc3ncc(Sc4ccnc(Cl)c4)cc3Oc3ccccc3)n2)CC1. The number of nitrogens with zero attached hydrogens (tertiary/aromatic N) is 4. The highest BCUT2D eigenvalue weighted by Gasteiger charge is 2.22. The number of benzene rings is 1. The molecule has 7 nitrogen and oxygen atoms in total. The highest BCUT2D eigenvalue weighted by Crippen LogP contribution is 2.37. The summed E-state index contributed by atoms with van der Waals surface area (Å²) in [6.45, 7) is 2.35. The van der Waals surface area contributed by atoms with Gasteiger partial charge < -0.3 is 14.8 Å². The molecule has 1 fully saturated rings. The molecular formula is C26H24ClN5O2S2. The Hall–Kier alpha value is -2.98. The molecule has 0 spiro atoms. The molecule has 1 saturated heterocycles. The second kappa shape index (κ2) is 11.8. The molecule has 1 N–H and O–H groups in total. The molecule has 1 aliphatic rings. The lowest BCUT2D eigenvalue weighted by Gasteiger charge is -2.29. The van der Waals surface area contributed by atoms with Crippen LogP contribution in [0.15, 0.2) is 76.1 Å². The number of aldehydes is 1. The Morgan fingerprint density at radius 1 is 1.14 bits per heavy atom. The monoisotopic (exact) mass is 537 g/mol. The molecular weight excluding hydrogens is 514 g/mol. The van der Waals surface area contributed by atoms with E-state index in [0.717, 1.165) is 58.6 Å². The van der Waals surface area contributed by atoms with Gasteiger partial charge in [0, 0.05) is 39.5 Å². The van der Waals surface area contributed by atoms with Crippen molar-refractivity contribution in [1.29, 1.82) is 0 Å². The van der Waals surface area contributed by atoms with E-state index in [1.165, 1.54) is 11.8 Å². The van der Waals surface area contributed by atoms with Gasteiger partial charge in [0.15, 0.2) is 16.7 Å². The molecule has 1 aromatic carbocycles. The molecule has 4 heterocycles. The number of para-hydroxylation sites is 1. The normalized spacial score (nSPS) is 14.5. The fourth-order valence-electron chi connectivity index (χ4n) is 4.00. The smallest absolute Gasteiger partial charge is 0.188 e. The van der Waals surface area contributed by atoms with E-state index in [1.54, 1.807) is 23.7 Å². The number of carbonyl (C=O) groups excluding carboxylic acids is 1. The number of ether oxygens (including phenoxy) is 1. The average molecular weight is 538 g/mol. The molecule has 36 heavy (non-hydrogen) atoms. The quantitative estimate of drug-likeness (QED) is 0.188. The largest absolute Gasteiger partial charge is 0.453 e. The van der Waals surface area contributed by atoms with Crippen LogP contribution in [-0.2, 0) is 4.79 Å². The number of halogens is 1. The van der Waals surface area contributed by atoms with Crippen LogP contribution in [-0.4, -0.2) is 45.8 Å². The van der Waals surface area contributed by atoms with Crippen LogP contribution in [0.3, 0.4) is 0 Å². The highest BCUT2D eigenvalue weighted by atomic mass is 35.5. The maximum Gasteiger partial charge on any atom is 0.188 e. The number of hydrogen-bond donors (Lipinski definition) is 1. The minimum absolute atomic E-state index is 0.402. The number of anilines is 2. The van der Waals surface area contributed by atoms with Crippen molar-refractivity contribution >= 4 is 51.9 Å². The molecule has 0 atom stereocenters. The first-order valence-corrected chi connectivity index (χ1v) is 13.6. The summed E-state index contributed by atoms with van der Waals surface area (Å²) < 4.78 is 6.21. The maximum absolute atomic E-state index is 10.8. The lowest BCUT2D eigenvalue weighted by atomic mass is 9.94. The number of thiazole rings is 1. The molecule has 0 bridgehead atoms. The Kier molecular flexibility index (Phi) is 8.12. The van der Waals surface area contributed by atoms with Crippen LogP contribution < -0.4 is 10.1 Å². The second-order valence-electron chi connectivity index (χ2n) is 8.29. The van der Waals surface area contributed by atoms with Gasteiger partial charge in [0.1, 0.15) is 17.2 Å². The van der Waals surface area contributed by atoms with E-state index in [0.29, 0.717) is 29.2 Å². The number of pyridine rings is 2. The summed E-state index contributed by atoms with van der Waals surface area (Å²) in [7, 11) is 0. The molecule has 0 amide bonds. The average Bonchev–Trinajstić information content (AvgIpc) is 3.35. The molecule has 184 valence electrons. The summed E-state index contributed by atoms with van der Waals surface area (Å²) in [5, 5.41) is 6.68. The van der Waals surface area contributed by atoms with Crippen molar-refractivity contribution in [2.24, 2.45) is 0 Å². The standard InChI is InChI=1S/C26H24ClN5O2S2/c27-24-15-20(6-9-28-24)36-21-14-23(34-19-4-2-1-3-5-19)25(29-16-21)31-26-30-22(17-35-26)18-7-10-32(11-8-18)12-13-33/h1-6,9,13-18H,7-8,10-12H2,(H,29,30,31). The van der Waals surface area contributed by atoms with Crippen LogP contribution in [0.4, 0.5) is 10.9 Å². The van der Waals surface area contributed by atoms with E-state index in [2.05, 4.69) is 25.6 Å². The van der Waals surface area contributed by atoms with Crippen molar-refractivity contribution in [1.82, 2.24) is 19.9 Å². The van der Waals surface area contributed by atoms with Crippen molar-refractivity contribution in [2.45, 2.75) is 28.6 Å². The van der Waals surface area contributed by atoms with Crippen LogP contribution in [0, 0.1) is 0 Å². The third kappa shape index (κ3) is 6.41. The van der Waals surface area contributed by atoms with E-state index in [1.807, 2.05) is 48.5 Å². The molecule has 10 heteroatoms. The summed E-state index contributed by atoms with van der Waals surface area (Å²) >= 11 is 9.14. The molecule has 0 radical (unpaired) electrons. The zero-order valence-corrected chi connectivity index (χ0v) is 21.7. The predicted molar refractivity (Wildman–Crippen MR) is 144 cm³/mol. The second-order valence-corrected chi connectivity index (χ2v) is 10.7. The number of hydrogen-bond acceptors (Lipinski definition) is 9. The predicted octanol–water partition coefficient (Wildman–Crippen LogP) is 6.65. The van der Waals surface area contributed by atoms with Gasteiger partial charge in [-0.15, -0.1) is 11.3 Å². The molecule has 5 rings (SSSR count).